The van der Waals surface area contributed by atoms with E-state index in [-0.39, 0.29) is 29.7 Å². The summed E-state index contributed by atoms with van der Waals surface area (Å²) < 4.78 is 41.0. The van der Waals surface area contributed by atoms with Crippen LogP contribution in [0.15, 0.2) is 24.3 Å². The number of nitrogens with two attached hydrogens (primary N) is 1. The average molecular weight is 344 g/mol. The third-order valence-electron chi connectivity index (χ3n) is 4.33. The number of rotatable bonds is 6. The topological polar surface area (TPSA) is 64.4 Å². The van der Waals surface area contributed by atoms with Crippen molar-refractivity contribution in [1.29, 1.82) is 0 Å². The average Bonchev–Trinajstić information content (AvgIpc) is 2.90. The van der Waals surface area contributed by atoms with Crippen LogP contribution < -0.4 is 15.8 Å². The Morgan fingerprint density at radius 2 is 2.00 bits per heavy atom. The standard InChI is InChI=1S/C17H23F3N2O2/c1-11(22-16(23)9-13-3-2-4-15(13)21)12-5-7-14(8-6-12)24-10-17(18,19)20/h5-8,11,13,15H,2-4,9-10,21H2,1H3,(H,22,23)/t11?,13-,15+/m0/s1. The first kappa shape index (κ1) is 18.6. The molecular formula is C17H23F3N2O2. The Labute approximate surface area is 139 Å². The van der Waals surface area contributed by atoms with Gasteiger partial charge in [0.15, 0.2) is 6.61 Å². The Morgan fingerprint density at radius 1 is 1.33 bits per heavy atom. The molecule has 0 saturated heterocycles. The molecule has 3 N–H and O–H groups in total. The molecule has 1 fully saturated rings. The lowest BCUT2D eigenvalue weighted by Gasteiger charge is -2.18. The van der Waals surface area contributed by atoms with Crippen molar-refractivity contribution in [2.75, 3.05) is 6.61 Å². The maximum Gasteiger partial charge on any atom is 0.422 e. The van der Waals surface area contributed by atoms with E-state index < -0.39 is 12.8 Å². The van der Waals surface area contributed by atoms with Gasteiger partial charge in [0.25, 0.3) is 0 Å². The summed E-state index contributed by atoms with van der Waals surface area (Å²) in [5, 5.41) is 2.90. The van der Waals surface area contributed by atoms with Gasteiger partial charge in [0.05, 0.1) is 6.04 Å². The summed E-state index contributed by atoms with van der Waals surface area (Å²) >= 11 is 0. The van der Waals surface area contributed by atoms with E-state index >= 15 is 0 Å². The molecule has 1 saturated carbocycles. The van der Waals surface area contributed by atoms with Gasteiger partial charge in [-0.3, -0.25) is 4.79 Å². The Morgan fingerprint density at radius 3 is 2.54 bits per heavy atom. The number of hydrogen-bond donors (Lipinski definition) is 2. The van der Waals surface area contributed by atoms with Gasteiger partial charge in [0.1, 0.15) is 5.75 Å². The van der Waals surface area contributed by atoms with E-state index in [1.165, 1.54) is 12.1 Å². The van der Waals surface area contributed by atoms with Gasteiger partial charge < -0.3 is 15.8 Å². The first-order chi connectivity index (χ1) is 11.2. The van der Waals surface area contributed by atoms with Crippen LogP contribution in [-0.2, 0) is 4.79 Å². The normalized spacial score (nSPS) is 22.2. The molecule has 1 aliphatic carbocycles. The SMILES string of the molecule is CC(NC(=O)C[C@@H]1CCC[C@H]1N)c1ccc(OCC(F)(F)F)cc1. The van der Waals surface area contributed by atoms with Crippen LogP contribution in [0, 0.1) is 5.92 Å². The van der Waals surface area contributed by atoms with Crippen molar-refractivity contribution in [2.45, 2.75) is 50.9 Å². The third-order valence-corrected chi connectivity index (χ3v) is 4.33. The molecule has 24 heavy (non-hydrogen) atoms. The molecule has 0 aliphatic heterocycles. The minimum Gasteiger partial charge on any atom is -0.484 e. The smallest absolute Gasteiger partial charge is 0.422 e. The summed E-state index contributed by atoms with van der Waals surface area (Å²) in [6.45, 7) is 0.512. The molecule has 0 spiro atoms. The van der Waals surface area contributed by atoms with Crippen LogP contribution in [0.1, 0.15) is 44.2 Å². The Balaban J connectivity index is 1.83. The molecule has 1 aromatic rings. The van der Waals surface area contributed by atoms with Crippen LogP contribution in [-0.4, -0.2) is 24.7 Å². The number of carbonyl (C=O) groups excluding carboxylic acids is 1. The van der Waals surface area contributed by atoms with Gasteiger partial charge in [0, 0.05) is 12.5 Å². The molecule has 0 radical (unpaired) electrons. The Bertz CT molecular complexity index is 546. The van der Waals surface area contributed by atoms with Crippen molar-refractivity contribution in [3.05, 3.63) is 29.8 Å². The van der Waals surface area contributed by atoms with Crippen molar-refractivity contribution in [2.24, 2.45) is 11.7 Å². The first-order valence-corrected chi connectivity index (χ1v) is 8.09. The van der Waals surface area contributed by atoms with Gasteiger partial charge in [-0.05, 0) is 43.4 Å². The molecule has 1 amide bonds. The molecule has 0 heterocycles. The van der Waals surface area contributed by atoms with E-state index in [9.17, 15) is 18.0 Å². The van der Waals surface area contributed by atoms with Gasteiger partial charge >= 0.3 is 6.18 Å². The van der Waals surface area contributed by atoms with Gasteiger partial charge in [0.2, 0.25) is 5.91 Å². The quantitative estimate of drug-likeness (QED) is 0.832. The summed E-state index contributed by atoms with van der Waals surface area (Å²) in [4.78, 5) is 12.1. The molecule has 7 heteroatoms. The summed E-state index contributed by atoms with van der Waals surface area (Å²) in [5.74, 6) is 0.323. The molecular weight excluding hydrogens is 321 g/mol. The van der Waals surface area contributed by atoms with Crippen molar-refractivity contribution in [1.82, 2.24) is 5.32 Å². The molecule has 1 unspecified atom stereocenters. The fraction of sp³-hybridized carbons (Fsp3) is 0.588. The van der Waals surface area contributed by atoms with E-state index in [0.29, 0.717) is 6.42 Å². The Hall–Kier alpha value is -1.76. The van der Waals surface area contributed by atoms with E-state index in [0.717, 1.165) is 24.8 Å². The highest BCUT2D eigenvalue weighted by molar-refractivity contribution is 5.76. The highest BCUT2D eigenvalue weighted by Crippen LogP contribution is 2.27. The van der Waals surface area contributed by atoms with Crippen molar-refractivity contribution >= 4 is 5.91 Å². The number of alkyl halides is 3. The van der Waals surface area contributed by atoms with Gasteiger partial charge in [-0.1, -0.05) is 18.6 Å². The van der Waals surface area contributed by atoms with Gasteiger partial charge in [-0.2, -0.15) is 13.2 Å². The lowest BCUT2D eigenvalue weighted by Crippen LogP contribution is -2.32. The summed E-state index contributed by atoms with van der Waals surface area (Å²) in [5.41, 5.74) is 6.78. The second-order valence-electron chi connectivity index (χ2n) is 6.32. The van der Waals surface area contributed by atoms with Crippen LogP contribution >= 0.6 is 0 Å². The van der Waals surface area contributed by atoms with E-state index in [4.69, 9.17) is 5.73 Å². The summed E-state index contributed by atoms with van der Waals surface area (Å²) in [6, 6.07) is 6.10. The molecule has 0 aromatic heterocycles. The fourth-order valence-corrected chi connectivity index (χ4v) is 2.96. The van der Waals surface area contributed by atoms with Crippen molar-refractivity contribution < 1.29 is 22.7 Å². The number of nitrogens with one attached hydrogen (secondary N) is 1. The number of amides is 1. The second-order valence-corrected chi connectivity index (χ2v) is 6.32. The highest BCUT2D eigenvalue weighted by Gasteiger charge is 2.28. The molecule has 3 atom stereocenters. The molecule has 0 bridgehead atoms. The maximum absolute atomic E-state index is 12.1. The van der Waals surface area contributed by atoms with Crippen molar-refractivity contribution in [3.8, 4) is 5.75 Å². The van der Waals surface area contributed by atoms with Crippen LogP contribution in [0.2, 0.25) is 0 Å². The summed E-state index contributed by atoms with van der Waals surface area (Å²) in [6.07, 6.45) is -0.936. The Kier molecular flexibility index (Phi) is 6.10. The highest BCUT2D eigenvalue weighted by atomic mass is 19.4. The van der Waals surface area contributed by atoms with Gasteiger partial charge in [-0.25, -0.2) is 0 Å². The fourth-order valence-electron chi connectivity index (χ4n) is 2.96. The van der Waals surface area contributed by atoms with Crippen LogP contribution in [0.5, 0.6) is 5.75 Å². The van der Waals surface area contributed by atoms with E-state index in [1.807, 2.05) is 6.92 Å². The molecule has 134 valence electrons. The summed E-state index contributed by atoms with van der Waals surface area (Å²) in [7, 11) is 0. The lowest BCUT2D eigenvalue weighted by molar-refractivity contribution is -0.153. The molecule has 4 nitrogen and oxygen atoms in total. The van der Waals surface area contributed by atoms with Crippen LogP contribution in [0.3, 0.4) is 0 Å². The van der Waals surface area contributed by atoms with Crippen LogP contribution in [0.25, 0.3) is 0 Å². The van der Waals surface area contributed by atoms with Crippen molar-refractivity contribution in [3.63, 3.8) is 0 Å². The number of halogens is 3. The van der Waals surface area contributed by atoms with E-state index in [2.05, 4.69) is 10.1 Å². The molecule has 2 rings (SSSR count). The predicted molar refractivity (Wildman–Crippen MR) is 84.5 cm³/mol. The predicted octanol–water partition coefficient (Wildman–Crippen LogP) is 3.32. The van der Waals surface area contributed by atoms with E-state index in [1.54, 1.807) is 12.1 Å². The minimum absolute atomic E-state index is 0.0535. The first-order valence-electron chi connectivity index (χ1n) is 8.09. The number of carbonyl (C=O) groups is 1. The molecule has 1 aromatic carbocycles. The zero-order chi connectivity index (χ0) is 17.7. The number of hydrogen-bond acceptors (Lipinski definition) is 3. The largest absolute Gasteiger partial charge is 0.484 e. The number of benzene rings is 1. The molecule has 1 aliphatic rings. The van der Waals surface area contributed by atoms with Gasteiger partial charge in [-0.15, -0.1) is 0 Å². The number of ether oxygens (including phenoxy) is 1. The third kappa shape index (κ3) is 5.70. The monoisotopic (exact) mass is 344 g/mol. The minimum atomic E-state index is -4.36. The maximum atomic E-state index is 12.1. The zero-order valence-electron chi connectivity index (χ0n) is 13.6. The second kappa shape index (κ2) is 7.88. The lowest BCUT2D eigenvalue weighted by atomic mass is 9.99. The van der Waals surface area contributed by atoms with Crippen LogP contribution in [0.4, 0.5) is 13.2 Å². The zero-order valence-corrected chi connectivity index (χ0v) is 13.6.